The molecule has 1 unspecified atom stereocenters. The lowest BCUT2D eigenvalue weighted by Crippen LogP contribution is -2.20. The number of aromatic nitrogens is 2. The Balaban J connectivity index is 1.67. The van der Waals surface area contributed by atoms with Crippen LogP contribution < -0.4 is 5.73 Å². The molecule has 31 heavy (non-hydrogen) atoms. The van der Waals surface area contributed by atoms with E-state index in [0.717, 1.165) is 17.7 Å². The molecule has 6 nitrogen and oxygen atoms in total. The lowest BCUT2D eigenvalue weighted by atomic mass is 10.0. The molecule has 2 aliphatic rings. The zero-order valence-electron chi connectivity index (χ0n) is 16.8. The molecule has 0 saturated heterocycles. The molecule has 160 valence electrons. The van der Waals surface area contributed by atoms with Gasteiger partial charge in [0, 0.05) is 18.5 Å². The molecule has 0 fully saturated rings. The van der Waals surface area contributed by atoms with Crippen LogP contribution in [0.2, 0.25) is 0 Å². The van der Waals surface area contributed by atoms with Crippen LogP contribution in [0.1, 0.15) is 36.0 Å². The number of ether oxygens (including phenoxy) is 1. The fourth-order valence-electron chi connectivity index (χ4n) is 3.33. The van der Waals surface area contributed by atoms with Crippen LogP contribution in [-0.4, -0.2) is 34.1 Å². The lowest BCUT2D eigenvalue weighted by molar-refractivity contribution is -0.0884. The molecule has 0 spiro atoms. The smallest absolute Gasteiger partial charge is 0.416 e. The minimum absolute atomic E-state index is 0.123. The summed E-state index contributed by atoms with van der Waals surface area (Å²) in [6.07, 6.45) is 1.49. The second-order valence-corrected chi connectivity index (χ2v) is 7.27. The van der Waals surface area contributed by atoms with E-state index in [1.165, 1.54) is 12.3 Å². The summed E-state index contributed by atoms with van der Waals surface area (Å²) in [4.78, 5) is 8.71. The summed E-state index contributed by atoms with van der Waals surface area (Å²) in [5, 5.41) is 5.95. The third-order valence-corrected chi connectivity index (χ3v) is 4.91. The van der Waals surface area contributed by atoms with Crippen LogP contribution in [0.4, 0.5) is 19.0 Å². The van der Waals surface area contributed by atoms with Crippen LogP contribution >= 0.6 is 0 Å². The van der Waals surface area contributed by atoms with Crippen molar-refractivity contribution >= 4 is 11.7 Å². The van der Waals surface area contributed by atoms with Crippen LogP contribution in [0.25, 0.3) is 0 Å². The topological polar surface area (TPSA) is 76.6 Å². The molecule has 1 aliphatic carbocycles. The second-order valence-electron chi connectivity index (χ2n) is 7.27. The van der Waals surface area contributed by atoms with E-state index >= 15 is 0 Å². The first kappa shape index (κ1) is 20.6. The highest BCUT2D eigenvalue weighted by atomic mass is 19.4. The number of halogens is 3. The molecule has 9 heteroatoms. The van der Waals surface area contributed by atoms with Crippen LogP contribution in [0, 0.1) is 0 Å². The number of hydrazone groups is 1. The predicted molar refractivity (Wildman–Crippen MR) is 111 cm³/mol. The van der Waals surface area contributed by atoms with Gasteiger partial charge in [0.25, 0.3) is 0 Å². The van der Waals surface area contributed by atoms with E-state index in [2.05, 4.69) is 15.1 Å². The van der Waals surface area contributed by atoms with Gasteiger partial charge in [-0.3, -0.25) is 5.01 Å². The molecule has 0 radical (unpaired) electrons. The summed E-state index contributed by atoms with van der Waals surface area (Å²) in [5.41, 5.74) is 7.40. The number of nitrogen functional groups attached to an aromatic ring is 1. The third-order valence-electron chi connectivity index (χ3n) is 4.91. The van der Waals surface area contributed by atoms with E-state index in [4.69, 9.17) is 10.5 Å². The van der Waals surface area contributed by atoms with E-state index in [0.29, 0.717) is 22.9 Å². The molecule has 0 bridgehead atoms. The number of rotatable bonds is 3. The Hall–Kier alpha value is -3.62. The van der Waals surface area contributed by atoms with Gasteiger partial charge >= 0.3 is 6.18 Å². The zero-order chi connectivity index (χ0) is 22.2. The van der Waals surface area contributed by atoms with Gasteiger partial charge in [-0.05, 0) is 19.1 Å². The van der Waals surface area contributed by atoms with Crippen molar-refractivity contribution in [2.75, 3.05) is 12.8 Å². The third kappa shape index (κ3) is 4.30. The first-order valence-electron chi connectivity index (χ1n) is 9.53. The minimum atomic E-state index is -4.47. The molecule has 4 rings (SSSR count). The lowest BCUT2D eigenvalue weighted by Gasteiger charge is -2.20. The number of hydrogen-bond donors (Lipinski definition) is 1. The predicted octanol–water partition coefficient (Wildman–Crippen LogP) is 4.47. The normalized spacial score (nSPS) is 21.2. The number of benzene rings is 1. The SMILES string of the molecule is CC1=CC(c2cnc(N)c([C@H]3OC(c4ccccc4)=NN3C)n2)C=C(C(F)(F)F)C=C1. The van der Waals surface area contributed by atoms with Crippen molar-refractivity contribution in [1.29, 1.82) is 0 Å². The molecule has 2 aromatic rings. The number of nitrogens with two attached hydrogens (primary N) is 1. The van der Waals surface area contributed by atoms with Crippen molar-refractivity contribution in [3.8, 4) is 0 Å². The maximum atomic E-state index is 13.3. The summed E-state index contributed by atoms with van der Waals surface area (Å²) < 4.78 is 46.0. The van der Waals surface area contributed by atoms with Crippen LogP contribution in [0.3, 0.4) is 0 Å². The van der Waals surface area contributed by atoms with Gasteiger partial charge in [-0.1, -0.05) is 48.1 Å². The summed E-state index contributed by atoms with van der Waals surface area (Å²) >= 11 is 0. The Bertz CT molecular complexity index is 1110. The largest absolute Gasteiger partial charge is 0.444 e. The van der Waals surface area contributed by atoms with Gasteiger partial charge in [-0.25, -0.2) is 9.97 Å². The molecule has 2 heterocycles. The van der Waals surface area contributed by atoms with E-state index in [1.54, 1.807) is 25.1 Å². The maximum absolute atomic E-state index is 13.3. The minimum Gasteiger partial charge on any atom is -0.444 e. The highest BCUT2D eigenvalue weighted by Gasteiger charge is 2.34. The average molecular weight is 427 g/mol. The first-order chi connectivity index (χ1) is 14.7. The van der Waals surface area contributed by atoms with Gasteiger partial charge in [0.1, 0.15) is 5.69 Å². The summed E-state index contributed by atoms with van der Waals surface area (Å²) in [6.45, 7) is 1.73. The standard InChI is InChI=1S/C22H20F3N5O/c1-13-8-9-16(22(23,24)25)11-15(10-13)17-12-27-19(26)18(28-17)21-30(2)29-20(31-21)14-6-4-3-5-7-14/h3-12,15,21H,1-2H3,(H2,26,27)/t15?,21-/m1/s1. The average Bonchev–Trinajstić information content (AvgIpc) is 2.99. The number of allylic oxidation sites excluding steroid dienone is 6. The van der Waals surface area contributed by atoms with E-state index in [9.17, 15) is 13.2 Å². The van der Waals surface area contributed by atoms with Crippen molar-refractivity contribution in [2.45, 2.75) is 25.2 Å². The van der Waals surface area contributed by atoms with Crippen molar-refractivity contribution < 1.29 is 17.9 Å². The van der Waals surface area contributed by atoms with E-state index in [-0.39, 0.29) is 5.82 Å². The molecular weight excluding hydrogens is 407 g/mol. The van der Waals surface area contributed by atoms with Gasteiger partial charge in [0.2, 0.25) is 12.1 Å². The van der Waals surface area contributed by atoms with Gasteiger partial charge < -0.3 is 10.5 Å². The molecule has 0 amide bonds. The zero-order valence-corrected chi connectivity index (χ0v) is 16.8. The molecule has 1 aromatic heterocycles. The summed E-state index contributed by atoms with van der Waals surface area (Å²) in [6, 6.07) is 9.32. The Morgan fingerprint density at radius 2 is 1.84 bits per heavy atom. The van der Waals surface area contributed by atoms with Crippen molar-refractivity contribution in [2.24, 2.45) is 5.10 Å². The van der Waals surface area contributed by atoms with Gasteiger partial charge in [0.05, 0.1) is 17.5 Å². The van der Waals surface area contributed by atoms with Crippen molar-refractivity contribution in [1.82, 2.24) is 15.0 Å². The monoisotopic (exact) mass is 427 g/mol. The van der Waals surface area contributed by atoms with Crippen molar-refractivity contribution in [3.05, 3.63) is 88.9 Å². The summed E-state index contributed by atoms with van der Waals surface area (Å²) in [5.74, 6) is -0.203. The molecule has 1 aromatic carbocycles. The molecule has 0 saturated carbocycles. The van der Waals surface area contributed by atoms with Crippen LogP contribution in [0.5, 0.6) is 0 Å². The fraction of sp³-hybridized carbons (Fsp3) is 0.227. The van der Waals surface area contributed by atoms with Gasteiger partial charge in [-0.2, -0.15) is 13.2 Å². The Kier molecular flexibility index (Phi) is 5.26. The number of anilines is 1. The first-order valence-corrected chi connectivity index (χ1v) is 9.53. The maximum Gasteiger partial charge on any atom is 0.416 e. The Labute approximate surface area is 177 Å². The van der Waals surface area contributed by atoms with E-state index < -0.39 is 23.9 Å². The Morgan fingerprint density at radius 1 is 1.10 bits per heavy atom. The summed E-state index contributed by atoms with van der Waals surface area (Å²) in [7, 11) is 1.70. The molecule has 1 aliphatic heterocycles. The molecule has 2 atom stereocenters. The fourth-order valence-corrected chi connectivity index (χ4v) is 3.33. The Morgan fingerprint density at radius 3 is 2.55 bits per heavy atom. The molecular formula is C22H20F3N5O. The van der Waals surface area contributed by atoms with Gasteiger partial charge in [-0.15, -0.1) is 5.10 Å². The molecule has 2 N–H and O–H groups in total. The second kappa shape index (κ2) is 7.90. The van der Waals surface area contributed by atoms with Crippen molar-refractivity contribution in [3.63, 3.8) is 0 Å². The van der Waals surface area contributed by atoms with E-state index in [1.807, 2.05) is 30.3 Å². The number of hydrogen-bond acceptors (Lipinski definition) is 6. The van der Waals surface area contributed by atoms with Crippen LogP contribution in [-0.2, 0) is 4.74 Å². The number of nitrogens with zero attached hydrogens (tertiary/aromatic N) is 4. The van der Waals surface area contributed by atoms with Gasteiger partial charge in [0.15, 0.2) is 5.82 Å². The highest BCUT2D eigenvalue weighted by molar-refractivity contribution is 5.94. The number of alkyl halides is 3. The highest BCUT2D eigenvalue weighted by Crippen LogP contribution is 2.35. The quantitative estimate of drug-likeness (QED) is 0.782. The van der Waals surface area contributed by atoms with Crippen LogP contribution in [0.15, 0.2) is 77.1 Å².